The third-order valence-corrected chi connectivity index (χ3v) is 10.1. The van der Waals surface area contributed by atoms with Gasteiger partial charge in [0.05, 0.1) is 12.2 Å². The summed E-state index contributed by atoms with van der Waals surface area (Å²) in [6, 6.07) is 6.92. The van der Waals surface area contributed by atoms with E-state index in [4.69, 9.17) is 15.2 Å². The van der Waals surface area contributed by atoms with E-state index in [1.807, 2.05) is 6.92 Å². The van der Waals surface area contributed by atoms with E-state index in [1.165, 1.54) is 12.2 Å². The first-order chi connectivity index (χ1) is 17.0. The van der Waals surface area contributed by atoms with Crippen LogP contribution < -0.4 is 5.73 Å². The SMILES string of the molecule is C[C@]12C=CC(=O)C=C1CC[C@H]1[C@@H]3C[C@H]4O[C@@H](c5cccc(N)c5)O[C@@]4(C(=O)CF)[C@@]3(C)C[C@H](O)[C@@]12F. The minimum atomic E-state index is -2.05. The van der Waals surface area contributed by atoms with E-state index < -0.39 is 64.9 Å². The van der Waals surface area contributed by atoms with Gasteiger partial charge in [-0.15, -0.1) is 0 Å². The van der Waals surface area contributed by atoms with Crippen LogP contribution in [0.3, 0.4) is 0 Å². The van der Waals surface area contributed by atoms with Gasteiger partial charge in [-0.2, -0.15) is 0 Å². The minimum absolute atomic E-state index is 0.0927. The lowest BCUT2D eigenvalue weighted by Gasteiger charge is -2.62. The van der Waals surface area contributed by atoms with E-state index in [9.17, 15) is 19.1 Å². The molecule has 3 N–H and O–H groups in total. The summed E-state index contributed by atoms with van der Waals surface area (Å²) in [7, 11) is 0. The molecule has 1 aromatic rings. The molecule has 1 aromatic carbocycles. The second kappa shape index (κ2) is 7.55. The second-order valence-corrected chi connectivity index (χ2v) is 11.5. The van der Waals surface area contributed by atoms with Gasteiger partial charge in [-0.3, -0.25) is 9.59 Å². The second-order valence-electron chi connectivity index (χ2n) is 11.5. The van der Waals surface area contributed by atoms with Gasteiger partial charge in [0.2, 0.25) is 0 Å². The van der Waals surface area contributed by atoms with Crippen molar-refractivity contribution in [1.29, 1.82) is 0 Å². The summed E-state index contributed by atoms with van der Waals surface area (Å²) in [6.07, 6.45) is 2.40. The Morgan fingerprint density at radius 2 is 2.06 bits per heavy atom. The fraction of sp³-hybridized carbons (Fsp3) is 0.571. The van der Waals surface area contributed by atoms with E-state index in [0.717, 1.165) is 0 Å². The molecule has 5 aliphatic rings. The molecular weight excluding hydrogens is 468 g/mol. The lowest BCUT2D eigenvalue weighted by molar-refractivity contribution is -0.231. The fourth-order valence-electron chi connectivity index (χ4n) is 8.41. The number of aliphatic hydroxyl groups is 1. The highest BCUT2D eigenvalue weighted by Gasteiger charge is 2.79. The first-order valence-corrected chi connectivity index (χ1v) is 12.6. The molecule has 0 spiro atoms. The Labute approximate surface area is 208 Å². The van der Waals surface area contributed by atoms with E-state index >= 15 is 4.39 Å². The Morgan fingerprint density at radius 3 is 2.78 bits per heavy atom. The zero-order chi connectivity index (χ0) is 25.7. The van der Waals surface area contributed by atoms with Crippen molar-refractivity contribution in [1.82, 2.24) is 0 Å². The van der Waals surface area contributed by atoms with Gasteiger partial charge in [-0.25, -0.2) is 8.78 Å². The molecule has 192 valence electrons. The van der Waals surface area contributed by atoms with Crippen LogP contribution in [-0.4, -0.2) is 46.8 Å². The number of fused-ring (bicyclic) bond motifs is 7. The Bertz CT molecular complexity index is 1220. The number of aliphatic hydroxyl groups excluding tert-OH is 1. The summed E-state index contributed by atoms with van der Waals surface area (Å²) in [6.45, 7) is 2.30. The summed E-state index contributed by atoms with van der Waals surface area (Å²) in [5.41, 5.74) is 1.82. The summed E-state index contributed by atoms with van der Waals surface area (Å²) in [5, 5.41) is 11.5. The standard InChI is InChI=1S/C28H31F2NO5/c1-25-9-8-18(32)11-16(25)6-7-19-20-12-23-28(22(34)14-29,26(20,2)13-21(33)27(19,25)30)36-24(35-23)15-4-3-5-17(31)10-15/h3-5,8-11,19-21,23-24,33H,6-7,12-14,31H2,1-2H3/t19-,20-,21-,23+,24+,25-,26-,27-,28+/m0/s1. The minimum Gasteiger partial charge on any atom is -0.399 e. The van der Waals surface area contributed by atoms with Crippen LogP contribution >= 0.6 is 0 Å². The molecule has 9 atom stereocenters. The number of alkyl halides is 2. The van der Waals surface area contributed by atoms with Crippen molar-refractivity contribution in [2.45, 2.75) is 69.3 Å². The number of hydrogen-bond acceptors (Lipinski definition) is 6. The van der Waals surface area contributed by atoms with Gasteiger partial charge in [0.15, 0.2) is 35.8 Å². The highest BCUT2D eigenvalue weighted by molar-refractivity contribution is 6.01. The number of allylic oxidation sites excluding steroid dienone is 4. The Hall–Kier alpha value is -2.42. The van der Waals surface area contributed by atoms with Gasteiger partial charge < -0.3 is 20.3 Å². The lowest BCUT2D eigenvalue weighted by Crippen LogP contribution is -2.69. The van der Waals surface area contributed by atoms with Crippen molar-refractivity contribution in [3.05, 3.63) is 53.6 Å². The number of anilines is 1. The van der Waals surface area contributed by atoms with Crippen LogP contribution in [0.5, 0.6) is 0 Å². The normalized spacial score (nSPS) is 47.0. The highest BCUT2D eigenvalue weighted by atomic mass is 19.1. The van der Waals surface area contributed by atoms with Gasteiger partial charge in [-0.1, -0.05) is 30.7 Å². The maximum Gasteiger partial charge on any atom is 0.198 e. The van der Waals surface area contributed by atoms with E-state index in [2.05, 4.69) is 0 Å². The van der Waals surface area contributed by atoms with Crippen molar-refractivity contribution < 1.29 is 33.0 Å². The van der Waals surface area contributed by atoms with Crippen molar-refractivity contribution >= 4 is 17.3 Å². The average molecular weight is 500 g/mol. The molecule has 0 unspecified atom stereocenters. The molecule has 0 amide bonds. The number of nitrogens with two attached hydrogens (primary N) is 1. The number of rotatable bonds is 3. The highest BCUT2D eigenvalue weighted by Crippen LogP contribution is 2.72. The number of carbonyl (C=O) groups is 2. The Balaban J connectivity index is 1.43. The Morgan fingerprint density at radius 1 is 1.28 bits per heavy atom. The molecule has 6 nitrogen and oxygen atoms in total. The summed E-state index contributed by atoms with van der Waals surface area (Å²) < 4.78 is 44.1. The molecule has 36 heavy (non-hydrogen) atoms. The number of nitrogen functional groups attached to an aromatic ring is 1. The van der Waals surface area contributed by atoms with Crippen LogP contribution in [0.2, 0.25) is 0 Å². The van der Waals surface area contributed by atoms with E-state index in [-0.39, 0.29) is 12.2 Å². The monoisotopic (exact) mass is 499 g/mol. The third kappa shape index (κ3) is 2.70. The predicted octanol–water partition coefficient (Wildman–Crippen LogP) is 3.94. The van der Waals surface area contributed by atoms with Crippen LogP contribution in [0.1, 0.15) is 51.4 Å². The fourth-order valence-corrected chi connectivity index (χ4v) is 8.41. The maximum absolute atomic E-state index is 17.3. The summed E-state index contributed by atoms with van der Waals surface area (Å²) in [5.74, 6) is -1.94. The smallest absolute Gasteiger partial charge is 0.198 e. The first-order valence-electron chi connectivity index (χ1n) is 12.6. The van der Waals surface area contributed by atoms with Gasteiger partial charge in [0, 0.05) is 28.0 Å². The molecule has 4 fully saturated rings. The molecule has 6 rings (SSSR count). The van der Waals surface area contributed by atoms with E-state index in [0.29, 0.717) is 36.1 Å². The van der Waals surface area contributed by atoms with Gasteiger partial charge in [-0.05, 0) is 62.8 Å². The molecule has 1 heterocycles. The maximum atomic E-state index is 17.3. The van der Waals surface area contributed by atoms with Crippen LogP contribution in [-0.2, 0) is 19.1 Å². The number of ketones is 2. The van der Waals surface area contributed by atoms with Crippen molar-refractivity contribution in [2.24, 2.45) is 22.7 Å². The van der Waals surface area contributed by atoms with Crippen LogP contribution in [0.25, 0.3) is 0 Å². The molecule has 8 heteroatoms. The van der Waals surface area contributed by atoms with Gasteiger partial charge in [0.1, 0.15) is 0 Å². The van der Waals surface area contributed by atoms with Crippen molar-refractivity contribution in [3.8, 4) is 0 Å². The van der Waals surface area contributed by atoms with Crippen LogP contribution in [0, 0.1) is 22.7 Å². The van der Waals surface area contributed by atoms with Gasteiger partial charge >= 0.3 is 0 Å². The van der Waals surface area contributed by atoms with E-state index in [1.54, 1.807) is 37.3 Å². The number of Topliss-reactive ketones (excluding diaryl/α,β-unsaturated/α-hetero) is 1. The molecule has 3 saturated carbocycles. The van der Waals surface area contributed by atoms with Crippen molar-refractivity contribution in [2.75, 3.05) is 12.4 Å². The molecule has 0 aromatic heterocycles. The largest absolute Gasteiger partial charge is 0.399 e. The predicted molar refractivity (Wildman–Crippen MR) is 127 cm³/mol. The van der Waals surface area contributed by atoms with Crippen LogP contribution in [0.4, 0.5) is 14.5 Å². The summed E-state index contributed by atoms with van der Waals surface area (Å²) >= 11 is 0. The average Bonchev–Trinajstić information content (AvgIpc) is 3.34. The molecule has 1 aliphatic heterocycles. The quantitative estimate of drug-likeness (QED) is 0.612. The number of benzene rings is 1. The molecular formula is C28H31F2NO5. The van der Waals surface area contributed by atoms with Gasteiger partial charge in [0.25, 0.3) is 0 Å². The third-order valence-electron chi connectivity index (χ3n) is 10.1. The summed E-state index contributed by atoms with van der Waals surface area (Å²) in [4.78, 5) is 25.4. The number of hydrogen-bond donors (Lipinski definition) is 2. The van der Waals surface area contributed by atoms with Crippen molar-refractivity contribution in [3.63, 3.8) is 0 Å². The zero-order valence-corrected chi connectivity index (χ0v) is 20.4. The number of carbonyl (C=O) groups excluding carboxylic acids is 2. The Kier molecular flexibility index (Phi) is 5.03. The zero-order valence-electron chi connectivity index (χ0n) is 20.4. The lowest BCUT2D eigenvalue weighted by atomic mass is 9.44. The van der Waals surface area contributed by atoms with Crippen LogP contribution in [0.15, 0.2) is 48.1 Å². The number of halogens is 2. The first kappa shape index (κ1) is 23.9. The number of ether oxygens (including phenoxy) is 2. The molecule has 1 saturated heterocycles. The molecule has 0 radical (unpaired) electrons. The molecule has 0 bridgehead atoms. The molecule has 4 aliphatic carbocycles. The topological polar surface area (TPSA) is 98.9 Å².